The number of hydrogen-bond acceptors (Lipinski definition) is 4. The molecular formula is C23H26N2O4. The lowest BCUT2D eigenvalue weighted by Crippen LogP contribution is -2.38. The first kappa shape index (κ1) is 20.6. The highest BCUT2D eigenvalue weighted by Gasteiger charge is 2.19. The Bertz CT molecular complexity index is 888. The zero-order chi connectivity index (χ0) is 20.6. The van der Waals surface area contributed by atoms with Crippen molar-refractivity contribution in [1.29, 1.82) is 0 Å². The third-order valence-corrected chi connectivity index (χ3v) is 4.98. The van der Waals surface area contributed by atoms with Gasteiger partial charge in [0.05, 0.1) is 11.3 Å². The zero-order valence-electron chi connectivity index (χ0n) is 16.6. The van der Waals surface area contributed by atoms with Crippen LogP contribution in [0.3, 0.4) is 0 Å². The highest BCUT2D eigenvalue weighted by molar-refractivity contribution is 6.08. The fraction of sp³-hybridized carbons (Fsp3) is 0.348. The topological polar surface area (TPSA) is 84.5 Å². The molecule has 29 heavy (non-hydrogen) atoms. The van der Waals surface area contributed by atoms with Crippen molar-refractivity contribution in [3.05, 3.63) is 65.2 Å². The standard InChI is InChI=1S/C23H26N2O4/c1-16-8-7-9-17(14-16)22(27)25-20-13-6-5-12-19(20)23(28)29-15-21(26)24-18-10-3-2-4-11-18/h5-9,12-14,18H,2-4,10-11,15H2,1H3,(H,24,26)(H,25,27). The van der Waals surface area contributed by atoms with Gasteiger partial charge in [-0.2, -0.15) is 0 Å². The number of anilines is 1. The first-order chi connectivity index (χ1) is 14.0. The molecule has 6 nitrogen and oxygen atoms in total. The highest BCUT2D eigenvalue weighted by Crippen LogP contribution is 2.19. The van der Waals surface area contributed by atoms with Crippen molar-refractivity contribution in [3.63, 3.8) is 0 Å². The van der Waals surface area contributed by atoms with Crippen molar-refractivity contribution in [2.75, 3.05) is 11.9 Å². The molecule has 152 valence electrons. The molecule has 1 fully saturated rings. The van der Waals surface area contributed by atoms with Crippen molar-refractivity contribution in [3.8, 4) is 0 Å². The first-order valence-electron chi connectivity index (χ1n) is 9.96. The van der Waals surface area contributed by atoms with Gasteiger partial charge in [0.25, 0.3) is 11.8 Å². The molecule has 0 radical (unpaired) electrons. The number of amides is 2. The number of aryl methyl sites for hydroxylation is 1. The zero-order valence-corrected chi connectivity index (χ0v) is 16.6. The Hall–Kier alpha value is -3.15. The lowest BCUT2D eigenvalue weighted by Gasteiger charge is -2.22. The van der Waals surface area contributed by atoms with E-state index in [-0.39, 0.29) is 30.0 Å². The predicted octanol–water partition coefficient (Wildman–Crippen LogP) is 3.85. The van der Waals surface area contributed by atoms with Crippen molar-refractivity contribution < 1.29 is 19.1 Å². The maximum Gasteiger partial charge on any atom is 0.340 e. The van der Waals surface area contributed by atoms with Gasteiger partial charge in [-0.3, -0.25) is 9.59 Å². The van der Waals surface area contributed by atoms with Crippen molar-refractivity contribution in [2.45, 2.75) is 45.1 Å². The summed E-state index contributed by atoms with van der Waals surface area (Å²) in [7, 11) is 0. The van der Waals surface area contributed by atoms with E-state index < -0.39 is 5.97 Å². The van der Waals surface area contributed by atoms with E-state index in [0.717, 1.165) is 31.2 Å². The lowest BCUT2D eigenvalue weighted by molar-refractivity contribution is -0.125. The Kier molecular flexibility index (Phi) is 7.00. The molecule has 0 aromatic heterocycles. The van der Waals surface area contributed by atoms with Crippen LogP contribution < -0.4 is 10.6 Å². The summed E-state index contributed by atoms with van der Waals surface area (Å²) in [4.78, 5) is 37.1. The number of hydrogen-bond donors (Lipinski definition) is 2. The number of esters is 1. The summed E-state index contributed by atoms with van der Waals surface area (Å²) >= 11 is 0. The average Bonchev–Trinajstić information content (AvgIpc) is 2.73. The van der Waals surface area contributed by atoms with Crippen LogP contribution in [0.1, 0.15) is 58.4 Å². The molecule has 0 spiro atoms. The van der Waals surface area contributed by atoms with Crippen LogP contribution in [-0.2, 0) is 9.53 Å². The van der Waals surface area contributed by atoms with Crippen molar-refractivity contribution in [2.24, 2.45) is 0 Å². The van der Waals surface area contributed by atoms with Gasteiger partial charge < -0.3 is 15.4 Å². The summed E-state index contributed by atoms with van der Waals surface area (Å²) in [6, 6.07) is 13.9. The molecule has 0 saturated heterocycles. The summed E-state index contributed by atoms with van der Waals surface area (Å²) in [5, 5.41) is 5.66. The van der Waals surface area contributed by atoms with Gasteiger partial charge in [-0.25, -0.2) is 4.79 Å². The molecular weight excluding hydrogens is 368 g/mol. The molecule has 1 saturated carbocycles. The number of rotatable bonds is 6. The normalized spacial score (nSPS) is 14.1. The summed E-state index contributed by atoms with van der Waals surface area (Å²) < 4.78 is 5.18. The quantitative estimate of drug-likeness (QED) is 0.729. The molecule has 2 amide bonds. The van der Waals surface area contributed by atoms with Crippen molar-refractivity contribution >= 4 is 23.5 Å². The Morgan fingerprint density at radius 2 is 1.76 bits per heavy atom. The molecule has 0 unspecified atom stereocenters. The van der Waals surface area contributed by atoms with Gasteiger partial charge in [-0.15, -0.1) is 0 Å². The van der Waals surface area contributed by atoms with E-state index in [1.165, 1.54) is 6.42 Å². The second kappa shape index (κ2) is 9.87. The molecule has 0 aliphatic heterocycles. The molecule has 0 heterocycles. The van der Waals surface area contributed by atoms with Crippen LogP contribution >= 0.6 is 0 Å². The van der Waals surface area contributed by atoms with E-state index in [9.17, 15) is 14.4 Å². The van der Waals surface area contributed by atoms with E-state index in [1.54, 1.807) is 42.5 Å². The van der Waals surface area contributed by atoms with Crippen LogP contribution in [0.5, 0.6) is 0 Å². The van der Waals surface area contributed by atoms with Gasteiger partial charge in [0.15, 0.2) is 6.61 Å². The van der Waals surface area contributed by atoms with Crippen LogP contribution in [0.2, 0.25) is 0 Å². The van der Waals surface area contributed by atoms with Gasteiger partial charge in [-0.05, 0) is 44.0 Å². The van der Waals surface area contributed by atoms with Crippen LogP contribution in [0.25, 0.3) is 0 Å². The second-order valence-corrected chi connectivity index (χ2v) is 7.35. The maximum absolute atomic E-state index is 12.5. The molecule has 2 aromatic rings. The van der Waals surface area contributed by atoms with Gasteiger partial charge in [0.2, 0.25) is 0 Å². The Morgan fingerprint density at radius 3 is 2.52 bits per heavy atom. The van der Waals surface area contributed by atoms with Crippen LogP contribution in [-0.4, -0.2) is 30.4 Å². The molecule has 2 N–H and O–H groups in total. The third kappa shape index (κ3) is 5.91. The van der Waals surface area contributed by atoms with E-state index in [1.807, 2.05) is 13.0 Å². The number of ether oxygens (including phenoxy) is 1. The molecule has 1 aliphatic rings. The number of carbonyl (C=O) groups is 3. The van der Waals surface area contributed by atoms with Gasteiger partial charge in [0, 0.05) is 11.6 Å². The Morgan fingerprint density at radius 1 is 1.00 bits per heavy atom. The fourth-order valence-electron chi connectivity index (χ4n) is 3.48. The summed E-state index contributed by atoms with van der Waals surface area (Å²) in [5.74, 6) is -1.26. The van der Waals surface area contributed by atoms with E-state index in [2.05, 4.69) is 10.6 Å². The van der Waals surface area contributed by atoms with Gasteiger partial charge in [-0.1, -0.05) is 49.1 Å². The highest BCUT2D eigenvalue weighted by atomic mass is 16.5. The maximum atomic E-state index is 12.5. The van der Waals surface area contributed by atoms with E-state index in [0.29, 0.717) is 11.3 Å². The Labute approximate surface area is 170 Å². The summed E-state index contributed by atoms with van der Waals surface area (Å²) in [5.41, 5.74) is 2.02. The summed E-state index contributed by atoms with van der Waals surface area (Å²) in [6.07, 6.45) is 5.35. The minimum absolute atomic E-state index is 0.163. The number of benzene rings is 2. The molecule has 1 aliphatic carbocycles. The molecule has 2 aromatic carbocycles. The minimum Gasteiger partial charge on any atom is -0.452 e. The monoisotopic (exact) mass is 394 g/mol. The Balaban J connectivity index is 1.59. The minimum atomic E-state index is -0.649. The summed E-state index contributed by atoms with van der Waals surface area (Å²) in [6.45, 7) is 1.57. The number of para-hydroxylation sites is 1. The van der Waals surface area contributed by atoms with Crippen LogP contribution in [0.4, 0.5) is 5.69 Å². The van der Waals surface area contributed by atoms with Gasteiger partial charge in [0.1, 0.15) is 0 Å². The molecule has 6 heteroatoms. The number of carbonyl (C=O) groups excluding carboxylic acids is 3. The van der Waals surface area contributed by atoms with E-state index >= 15 is 0 Å². The van der Waals surface area contributed by atoms with Gasteiger partial charge >= 0.3 is 5.97 Å². The molecule has 0 atom stereocenters. The van der Waals surface area contributed by atoms with Crippen molar-refractivity contribution in [1.82, 2.24) is 5.32 Å². The van der Waals surface area contributed by atoms with Crippen LogP contribution in [0.15, 0.2) is 48.5 Å². The molecule has 0 bridgehead atoms. The third-order valence-electron chi connectivity index (χ3n) is 4.98. The smallest absolute Gasteiger partial charge is 0.340 e. The van der Waals surface area contributed by atoms with Crippen LogP contribution in [0, 0.1) is 6.92 Å². The predicted molar refractivity (Wildman–Crippen MR) is 111 cm³/mol. The SMILES string of the molecule is Cc1cccc(C(=O)Nc2ccccc2C(=O)OCC(=O)NC2CCCCC2)c1. The number of nitrogens with one attached hydrogen (secondary N) is 2. The fourth-order valence-corrected chi connectivity index (χ4v) is 3.48. The largest absolute Gasteiger partial charge is 0.452 e. The first-order valence-corrected chi connectivity index (χ1v) is 9.96. The van der Waals surface area contributed by atoms with E-state index in [4.69, 9.17) is 4.74 Å². The molecule has 3 rings (SSSR count). The average molecular weight is 394 g/mol. The lowest BCUT2D eigenvalue weighted by atomic mass is 9.95. The second-order valence-electron chi connectivity index (χ2n) is 7.35.